The largest absolute Gasteiger partial charge is 0.456 e. The van der Waals surface area contributed by atoms with Gasteiger partial charge in [-0.25, -0.2) is 0 Å². The highest BCUT2D eigenvalue weighted by molar-refractivity contribution is 6.07. The molecule has 2 aliphatic heterocycles. The number of anilines is 4. The van der Waals surface area contributed by atoms with Crippen LogP contribution < -0.4 is 9.80 Å². The van der Waals surface area contributed by atoms with Gasteiger partial charge in [-0.15, -0.1) is 0 Å². The number of benzene rings is 7. The first-order chi connectivity index (χ1) is 31.7. The van der Waals surface area contributed by atoms with Crippen molar-refractivity contribution in [2.45, 2.75) is 37.1 Å². The molecule has 9 aromatic rings. The Balaban J connectivity index is 0.871. The Morgan fingerprint density at radius 2 is 1.20 bits per heavy atom. The quantitative estimate of drug-likeness (QED) is 0.173. The van der Waals surface area contributed by atoms with Crippen molar-refractivity contribution in [3.05, 3.63) is 233 Å². The Labute approximate surface area is 371 Å². The summed E-state index contributed by atoms with van der Waals surface area (Å²) in [4.78, 5) is 5.01. The van der Waals surface area contributed by atoms with Gasteiger partial charge < -0.3 is 18.6 Å². The van der Waals surface area contributed by atoms with Crippen LogP contribution in [0.1, 0.15) is 47.1 Å². The molecular weight excluding hydrogens is 781 g/mol. The lowest BCUT2D eigenvalue weighted by Gasteiger charge is -2.31. The molecule has 7 aromatic carbocycles. The van der Waals surface area contributed by atoms with Crippen LogP contribution in [0.4, 0.5) is 22.7 Å². The molecule has 3 unspecified atom stereocenters. The smallest absolute Gasteiger partial charge is 0.137 e. The Bertz CT molecular complexity index is 3530. The van der Waals surface area contributed by atoms with Crippen LogP contribution in [-0.4, -0.2) is 6.04 Å². The molecule has 0 radical (unpaired) electrons. The first-order valence-electron chi connectivity index (χ1n) is 22.6. The number of hydrogen-bond acceptors (Lipinski definition) is 4. The molecule has 0 amide bonds. The molecular formula is C60H42N2O2. The molecule has 4 nitrogen and oxygen atoms in total. The summed E-state index contributed by atoms with van der Waals surface area (Å²) in [5.74, 6) is 1.37. The molecule has 4 heteroatoms. The van der Waals surface area contributed by atoms with E-state index in [1.54, 1.807) is 0 Å². The summed E-state index contributed by atoms with van der Waals surface area (Å²) in [5, 5.41) is 3.59. The van der Waals surface area contributed by atoms with Crippen LogP contribution in [0.2, 0.25) is 0 Å². The second-order valence-electron chi connectivity index (χ2n) is 17.9. The summed E-state index contributed by atoms with van der Waals surface area (Å²) in [5.41, 5.74) is 20.5. The van der Waals surface area contributed by atoms with Crippen molar-refractivity contribution in [1.82, 2.24) is 0 Å². The van der Waals surface area contributed by atoms with Gasteiger partial charge in [-0.3, -0.25) is 0 Å². The Hall–Kier alpha value is -7.82. The van der Waals surface area contributed by atoms with Crippen molar-refractivity contribution in [1.29, 1.82) is 0 Å². The first-order valence-corrected chi connectivity index (χ1v) is 22.6. The van der Waals surface area contributed by atoms with Crippen LogP contribution in [0.15, 0.2) is 220 Å². The Morgan fingerprint density at radius 1 is 0.531 bits per heavy atom. The predicted octanol–water partition coefficient (Wildman–Crippen LogP) is 15.9. The lowest BCUT2D eigenvalue weighted by atomic mass is 9.80. The molecule has 4 heterocycles. The minimum Gasteiger partial charge on any atom is -0.456 e. The minimum atomic E-state index is 0.142. The molecule has 304 valence electrons. The highest BCUT2D eigenvalue weighted by atomic mass is 16.3. The van der Waals surface area contributed by atoms with Crippen molar-refractivity contribution in [3.8, 4) is 22.3 Å². The van der Waals surface area contributed by atoms with E-state index in [2.05, 4.69) is 210 Å². The van der Waals surface area contributed by atoms with Crippen molar-refractivity contribution >= 4 is 61.7 Å². The van der Waals surface area contributed by atoms with E-state index in [4.69, 9.17) is 8.83 Å². The van der Waals surface area contributed by atoms with Gasteiger partial charge >= 0.3 is 0 Å². The highest BCUT2D eigenvalue weighted by Gasteiger charge is 2.42. The van der Waals surface area contributed by atoms with E-state index >= 15 is 0 Å². The fourth-order valence-electron chi connectivity index (χ4n) is 11.3. The summed E-state index contributed by atoms with van der Waals surface area (Å²) < 4.78 is 13.1. The third-order valence-electron chi connectivity index (χ3n) is 14.4. The summed E-state index contributed by atoms with van der Waals surface area (Å²) >= 11 is 0. The molecule has 0 saturated heterocycles. The average molecular weight is 823 g/mol. The maximum Gasteiger partial charge on any atom is 0.137 e. The summed E-state index contributed by atoms with van der Waals surface area (Å²) in [6.07, 6.45) is 19.5. The zero-order valence-electron chi connectivity index (χ0n) is 35.1. The van der Waals surface area contributed by atoms with E-state index in [1.807, 2.05) is 0 Å². The van der Waals surface area contributed by atoms with Gasteiger partial charge in [0.05, 0.1) is 11.7 Å². The van der Waals surface area contributed by atoms with Crippen LogP contribution >= 0.6 is 0 Å². The van der Waals surface area contributed by atoms with Crippen LogP contribution in [0.3, 0.4) is 0 Å². The van der Waals surface area contributed by atoms with E-state index in [0.29, 0.717) is 0 Å². The van der Waals surface area contributed by atoms with Gasteiger partial charge in [-0.2, -0.15) is 0 Å². The van der Waals surface area contributed by atoms with E-state index in [0.717, 1.165) is 52.8 Å². The molecule has 3 aliphatic carbocycles. The fourth-order valence-corrected chi connectivity index (χ4v) is 11.3. The number of allylic oxidation sites excluding steroid dienone is 7. The standard InChI is InChI=1S/C60H42N2O2/c1-3-11-37(12-4-1)39-19-25-43(26-20-39)61-53-29-23-41(31-47(53)49-33-51-45-15-7-9-17-57(45)63-59(51)35-55(49)61)42-24-30-54-48(32-42)50-34-52-46-16-8-10-18-58(46)64-60(52)36-56(50)62(54)44-27-21-40(22-28-44)38-13-5-2-6-14-38/h1-7,9-15,17-30,32-36,47-48,54H,8,16,31H2. The van der Waals surface area contributed by atoms with Crippen LogP contribution in [0.5, 0.6) is 0 Å². The maximum atomic E-state index is 6.55. The van der Waals surface area contributed by atoms with Crippen molar-refractivity contribution in [2.75, 3.05) is 9.80 Å². The summed E-state index contributed by atoms with van der Waals surface area (Å²) in [6.45, 7) is 0. The number of para-hydroxylation sites is 1. The van der Waals surface area contributed by atoms with Crippen LogP contribution in [-0.2, 0) is 6.42 Å². The van der Waals surface area contributed by atoms with Crippen molar-refractivity contribution < 1.29 is 8.83 Å². The molecule has 5 aliphatic rings. The monoisotopic (exact) mass is 822 g/mol. The molecule has 14 rings (SSSR count). The summed E-state index contributed by atoms with van der Waals surface area (Å²) in [7, 11) is 0. The SMILES string of the molecule is C1=Cc2oc3cc4c(cc3c2CC1)C1C=C(C2=CC=C3C(C2)c2cc5c(cc2N3c2ccc(-c3ccccc3)cc2)oc2ccccc25)C=CC1N4c1ccc(-c2ccccc2)cc1. The van der Waals surface area contributed by atoms with Gasteiger partial charge in [0.25, 0.3) is 0 Å². The lowest BCUT2D eigenvalue weighted by Crippen LogP contribution is -2.29. The molecule has 0 fully saturated rings. The Morgan fingerprint density at radius 3 is 1.98 bits per heavy atom. The van der Waals surface area contributed by atoms with Gasteiger partial charge in [0.1, 0.15) is 22.5 Å². The molecule has 0 saturated carbocycles. The molecule has 0 spiro atoms. The number of fused-ring (bicyclic) bond motifs is 12. The number of hydrogen-bond donors (Lipinski definition) is 0. The van der Waals surface area contributed by atoms with Gasteiger partial charge in [0.15, 0.2) is 0 Å². The van der Waals surface area contributed by atoms with Crippen molar-refractivity contribution in [3.63, 3.8) is 0 Å². The Kier molecular flexibility index (Phi) is 7.73. The van der Waals surface area contributed by atoms with E-state index < -0.39 is 0 Å². The van der Waals surface area contributed by atoms with Gasteiger partial charge in [-0.05, 0) is 118 Å². The van der Waals surface area contributed by atoms with E-state index in [-0.39, 0.29) is 17.9 Å². The molecule has 3 atom stereocenters. The van der Waals surface area contributed by atoms with Crippen molar-refractivity contribution in [2.24, 2.45) is 0 Å². The van der Waals surface area contributed by atoms with Gasteiger partial charge in [-0.1, -0.05) is 134 Å². The fraction of sp³-hybridized carbons (Fsp3) is 0.100. The highest BCUT2D eigenvalue weighted by Crippen LogP contribution is 2.56. The minimum absolute atomic E-state index is 0.142. The molecule has 64 heavy (non-hydrogen) atoms. The summed E-state index contributed by atoms with van der Waals surface area (Å²) in [6, 6.07) is 57.4. The number of rotatable bonds is 5. The van der Waals surface area contributed by atoms with Gasteiger partial charge in [0.2, 0.25) is 0 Å². The predicted molar refractivity (Wildman–Crippen MR) is 263 cm³/mol. The second-order valence-corrected chi connectivity index (χ2v) is 17.9. The van der Waals surface area contributed by atoms with Crippen LogP contribution in [0, 0.1) is 0 Å². The molecule has 0 N–H and O–H groups in total. The number of aryl methyl sites for hydroxylation is 1. The van der Waals surface area contributed by atoms with Gasteiger partial charge in [0, 0.05) is 68.4 Å². The topological polar surface area (TPSA) is 32.8 Å². The normalized spacial score (nSPS) is 19.3. The number of furan rings is 2. The average Bonchev–Trinajstić information content (AvgIpc) is 4.10. The third-order valence-corrected chi connectivity index (χ3v) is 14.4. The lowest BCUT2D eigenvalue weighted by molar-refractivity contribution is 0.595. The second kappa shape index (κ2) is 13.8. The van der Waals surface area contributed by atoms with E-state index in [1.165, 1.54) is 83.6 Å². The third kappa shape index (κ3) is 5.42. The molecule has 2 aromatic heterocycles. The zero-order valence-corrected chi connectivity index (χ0v) is 35.1. The number of nitrogens with zero attached hydrogens (tertiary/aromatic N) is 2. The first kappa shape index (κ1) is 35.7. The zero-order chi connectivity index (χ0) is 41.9. The van der Waals surface area contributed by atoms with E-state index in [9.17, 15) is 0 Å². The maximum absolute atomic E-state index is 6.55. The van der Waals surface area contributed by atoms with Crippen LogP contribution in [0.25, 0.3) is 61.2 Å². The molecule has 0 bridgehead atoms.